The lowest BCUT2D eigenvalue weighted by molar-refractivity contribution is -0.142. The van der Waals surface area contributed by atoms with E-state index in [0.717, 1.165) is 37.0 Å². The molecule has 1 aliphatic rings. The summed E-state index contributed by atoms with van der Waals surface area (Å²) in [4.78, 5) is 0. The summed E-state index contributed by atoms with van der Waals surface area (Å²) in [6, 6.07) is 7.79. The van der Waals surface area contributed by atoms with Crippen LogP contribution in [-0.4, -0.2) is 23.4 Å². The van der Waals surface area contributed by atoms with Crippen molar-refractivity contribution >= 4 is 0 Å². The molecule has 1 fully saturated rings. The van der Waals surface area contributed by atoms with Crippen molar-refractivity contribution in [2.24, 2.45) is 0 Å². The minimum atomic E-state index is -0.632. The Morgan fingerprint density at radius 1 is 1.14 bits per heavy atom. The van der Waals surface area contributed by atoms with Gasteiger partial charge in [-0.05, 0) is 39.7 Å². The molecule has 0 saturated heterocycles. The van der Waals surface area contributed by atoms with Crippen LogP contribution in [-0.2, 0) is 4.74 Å². The van der Waals surface area contributed by atoms with E-state index in [0.29, 0.717) is 6.61 Å². The number of aliphatic hydroxyl groups is 1. The smallest absolute Gasteiger partial charge is 0.125 e. The molecule has 0 amide bonds. The van der Waals surface area contributed by atoms with Crippen LogP contribution in [0.2, 0.25) is 0 Å². The van der Waals surface area contributed by atoms with Crippen LogP contribution >= 0.6 is 0 Å². The van der Waals surface area contributed by atoms with E-state index < -0.39 is 11.7 Å². The van der Waals surface area contributed by atoms with Gasteiger partial charge < -0.3 is 14.6 Å². The molecule has 0 heterocycles. The number of hydrogen-bond donors (Lipinski definition) is 1. The van der Waals surface area contributed by atoms with Crippen molar-refractivity contribution in [1.29, 1.82) is 0 Å². The average molecular weight is 292 g/mol. The monoisotopic (exact) mass is 292 g/mol. The van der Waals surface area contributed by atoms with Crippen molar-refractivity contribution in [1.82, 2.24) is 0 Å². The molecule has 1 N–H and O–H groups in total. The van der Waals surface area contributed by atoms with Crippen LogP contribution in [0.1, 0.15) is 64.5 Å². The van der Waals surface area contributed by atoms with Crippen molar-refractivity contribution in [2.45, 2.75) is 70.7 Å². The van der Waals surface area contributed by atoms with Crippen molar-refractivity contribution < 1.29 is 14.6 Å². The molecule has 1 unspecified atom stereocenters. The van der Waals surface area contributed by atoms with Crippen LogP contribution in [0.5, 0.6) is 5.75 Å². The predicted molar refractivity (Wildman–Crippen MR) is 84.6 cm³/mol. The first-order valence-corrected chi connectivity index (χ1v) is 8.16. The molecular formula is C18H28O3. The van der Waals surface area contributed by atoms with Gasteiger partial charge in [-0.2, -0.15) is 0 Å². The van der Waals surface area contributed by atoms with Gasteiger partial charge >= 0.3 is 0 Å². The number of para-hydroxylation sites is 1. The SMILES string of the molecule is CCOC1(C(O)c2ccccc2OC(C)C)CCCCC1. The molecule has 118 valence electrons. The zero-order chi connectivity index (χ0) is 15.3. The topological polar surface area (TPSA) is 38.7 Å². The van der Waals surface area contributed by atoms with E-state index in [9.17, 15) is 5.11 Å². The van der Waals surface area contributed by atoms with Gasteiger partial charge in [0.1, 0.15) is 11.9 Å². The Morgan fingerprint density at radius 2 is 1.81 bits per heavy atom. The summed E-state index contributed by atoms with van der Waals surface area (Å²) in [7, 11) is 0. The Hall–Kier alpha value is -1.06. The van der Waals surface area contributed by atoms with Gasteiger partial charge in [-0.3, -0.25) is 0 Å². The fourth-order valence-corrected chi connectivity index (χ4v) is 3.29. The fraction of sp³-hybridized carbons (Fsp3) is 0.667. The summed E-state index contributed by atoms with van der Waals surface area (Å²) in [5.41, 5.74) is 0.394. The van der Waals surface area contributed by atoms with E-state index in [1.165, 1.54) is 6.42 Å². The summed E-state index contributed by atoms with van der Waals surface area (Å²) < 4.78 is 11.9. The van der Waals surface area contributed by atoms with Crippen LogP contribution in [0, 0.1) is 0 Å². The quantitative estimate of drug-likeness (QED) is 0.852. The highest BCUT2D eigenvalue weighted by molar-refractivity contribution is 5.37. The summed E-state index contributed by atoms with van der Waals surface area (Å²) in [6.07, 6.45) is 4.75. The van der Waals surface area contributed by atoms with Crippen LogP contribution in [0.15, 0.2) is 24.3 Å². The lowest BCUT2D eigenvalue weighted by atomic mass is 9.78. The molecule has 3 nitrogen and oxygen atoms in total. The highest BCUT2D eigenvalue weighted by atomic mass is 16.5. The minimum Gasteiger partial charge on any atom is -0.491 e. The Kier molecular flexibility index (Phi) is 5.65. The molecule has 1 atom stereocenters. The highest BCUT2D eigenvalue weighted by Crippen LogP contribution is 2.43. The summed E-state index contributed by atoms with van der Waals surface area (Å²) in [6.45, 7) is 6.63. The van der Waals surface area contributed by atoms with E-state index in [-0.39, 0.29) is 6.10 Å². The molecule has 1 aliphatic carbocycles. The molecule has 2 rings (SSSR count). The largest absolute Gasteiger partial charge is 0.491 e. The first kappa shape index (κ1) is 16.3. The maximum atomic E-state index is 11.0. The van der Waals surface area contributed by atoms with E-state index in [1.54, 1.807) is 0 Å². The van der Waals surface area contributed by atoms with E-state index in [4.69, 9.17) is 9.47 Å². The van der Waals surface area contributed by atoms with E-state index in [2.05, 4.69) is 0 Å². The Morgan fingerprint density at radius 3 is 2.43 bits per heavy atom. The van der Waals surface area contributed by atoms with E-state index in [1.807, 2.05) is 45.0 Å². The number of rotatable bonds is 6. The maximum absolute atomic E-state index is 11.0. The third kappa shape index (κ3) is 3.78. The van der Waals surface area contributed by atoms with Crippen molar-refractivity contribution in [3.8, 4) is 5.75 Å². The minimum absolute atomic E-state index is 0.0905. The van der Waals surface area contributed by atoms with Crippen LogP contribution < -0.4 is 4.74 Å². The Balaban J connectivity index is 2.30. The molecule has 0 aromatic heterocycles. The van der Waals surface area contributed by atoms with Gasteiger partial charge in [0.2, 0.25) is 0 Å². The van der Waals surface area contributed by atoms with Gasteiger partial charge in [0.15, 0.2) is 0 Å². The van der Waals surface area contributed by atoms with Gasteiger partial charge in [-0.15, -0.1) is 0 Å². The first-order valence-electron chi connectivity index (χ1n) is 8.16. The van der Waals surface area contributed by atoms with Crippen LogP contribution in [0.3, 0.4) is 0 Å². The standard InChI is InChI=1S/C18H28O3/c1-4-20-18(12-8-5-9-13-18)17(19)15-10-6-7-11-16(15)21-14(2)3/h6-7,10-11,14,17,19H,4-5,8-9,12-13H2,1-3H3. The summed E-state index contributed by atoms with van der Waals surface area (Å²) >= 11 is 0. The first-order chi connectivity index (χ1) is 10.1. The fourth-order valence-electron chi connectivity index (χ4n) is 3.29. The van der Waals surface area contributed by atoms with Gasteiger partial charge in [-0.25, -0.2) is 0 Å². The Labute approximate surface area is 128 Å². The van der Waals surface area contributed by atoms with Crippen LogP contribution in [0.25, 0.3) is 0 Å². The molecule has 1 aromatic rings. The summed E-state index contributed by atoms with van der Waals surface area (Å²) in [5.74, 6) is 0.768. The summed E-state index contributed by atoms with van der Waals surface area (Å²) in [5, 5.41) is 11.0. The molecule has 21 heavy (non-hydrogen) atoms. The van der Waals surface area contributed by atoms with Crippen molar-refractivity contribution in [2.75, 3.05) is 6.61 Å². The third-order valence-electron chi connectivity index (χ3n) is 4.21. The maximum Gasteiger partial charge on any atom is 0.125 e. The number of aliphatic hydroxyl groups excluding tert-OH is 1. The molecule has 0 spiro atoms. The van der Waals surface area contributed by atoms with E-state index >= 15 is 0 Å². The molecule has 0 radical (unpaired) electrons. The number of ether oxygens (including phenoxy) is 2. The van der Waals surface area contributed by atoms with Gasteiger partial charge in [0.05, 0.1) is 11.7 Å². The zero-order valence-corrected chi connectivity index (χ0v) is 13.5. The molecule has 0 bridgehead atoms. The van der Waals surface area contributed by atoms with Gasteiger partial charge in [0, 0.05) is 12.2 Å². The second-order valence-corrected chi connectivity index (χ2v) is 6.17. The van der Waals surface area contributed by atoms with Crippen LogP contribution in [0.4, 0.5) is 0 Å². The lowest BCUT2D eigenvalue weighted by Crippen LogP contribution is -2.41. The molecule has 1 aromatic carbocycles. The Bertz CT molecular complexity index is 430. The second-order valence-electron chi connectivity index (χ2n) is 6.17. The van der Waals surface area contributed by atoms with Gasteiger partial charge in [-0.1, -0.05) is 37.5 Å². The second kappa shape index (κ2) is 7.28. The van der Waals surface area contributed by atoms with Gasteiger partial charge in [0.25, 0.3) is 0 Å². The van der Waals surface area contributed by atoms with Crippen molar-refractivity contribution in [3.63, 3.8) is 0 Å². The lowest BCUT2D eigenvalue weighted by Gasteiger charge is -2.41. The predicted octanol–water partition coefficient (Wildman–Crippen LogP) is 4.25. The number of benzene rings is 1. The average Bonchev–Trinajstić information content (AvgIpc) is 2.48. The normalized spacial score (nSPS) is 19.5. The zero-order valence-electron chi connectivity index (χ0n) is 13.5. The number of hydrogen-bond acceptors (Lipinski definition) is 3. The molecule has 3 heteroatoms. The van der Waals surface area contributed by atoms with Crippen molar-refractivity contribution in [3.05, 3.63) is 29.8 Å². The third-order valence-corrected chi connectivity index (χ3v) is 4.21. The molecule has 0 aliphatic heterocycles. The highest BCUT2D eigenvalue weighted by Gasteiger charge is 2.41. The molecular weight excluding hydrogens is 264 g/mol. The molecule has 1 saturated carbocycles.